The van der Waals surface area contributed by atoms with E-state index in [2.05, 4.69) is 13.8 Å². The highest BCUT2D eigenvalue weighted by molar-refractivity contribution is 5.83. The van der Waals surface area contributed by atoms with Crippen molar-refractivity contribution in [2.75, 3.05) is 0 Å². The van der Waals surface area contributed by atoms with Gasteiger partial charge in [-0.2, -0.15) is 0 Å². The lowest BCUT2D eigenvalue weighted by atomic mass is 10.0. The third-order valence-electron chi connectivity index (χ3n) is 3.00. The van der Waals surface area contributed by atoms with Gasteiger partial charge in [0.2, 0.25) is 0 Å². The van der Waals surface area contributed by atoms with Crippen molar-refractivity contribution in [1.29, 1.82) is 0 Å². The van der Waals surface area contributed by atoms with Gasteiger partial charge in [-0.3, -0.25) is 4.79 Å². The molecule has 0 atom stereocenters. The van der Waals surface area contributed by atoms with Gasteiger partial charge in [0, 0.05) is 28.8 Å². The average Bonchev–Trinajstić information content (AvgIpc) is 2.47. The first-order valence-electron chi connectivity index (χ1n) is 8.21. The number of nitrogens with zero attached hydrogens (tertiary/aromatic N) is 1. The normalized spacial score (nSPS) is 10.4. The Balaban J connectivity index is 0.000000868. The predicted molar refractivity (Wildman–Crippen MR) is 98.6 cm³/mol. The van der Waals surface area contributed by atoms with Gasteiger partial charge in [-0.1, -0.05) is 34.1 Å². The SMILES string of the molecule is CC.CCC.Cc1cn(C(C)(C)C)c2cc(O)c(O)cc2c1=O. The Kier molecular flexibility index (Phi) is 7.87. The van der Waals surface area contributed by atoms with Crippen LogP contribution in [0.2, 0.25) is 0 Å². The van der Waals surface area contributed by atoms with Gasteiger partial charge in [0.25, 0.3) is 0 Å². The number of benzene rings is 1. The largest absolute Gasteiger partial charge is 0.504 e. The first-order valence-corrected chi connectivity index (χ1v) is 8.21. The van der Waals surface area contributed by atoms with Crippen LogP contribution in [-0.4, -0.2) is 14.8 Å². The summed E-state index contributed by atoms with van der Waals surface area (Å²) in [6.45, 7) is 16.0. The number of aromatic nitrogens is 1. The molecule has 0 unspecified atom stereocenters. The maximum Gasteiger partial charge on any atom is 0.192 e. The first kappa shape index (κ1) is 21.0. The van der Waals surface area contributed by atoms with Gasteiger partial charge in [-0.25, -0.2) is 0 Å². The molecule has 1 aromatic heterocycles. The van der Waals surface area contributed by atoms with E-state index in [1.54, 1.807) is 13.1 Å². The molecule has 2 rings (SSSR count). The fraction of sp³-hybridized carbons (Fsp3) is 0.526. The van der Waals surface area contributed by atoms with E-state index in [9.17, 15) is 15.0 Å². The molecule has 2 aromatic rings. The summed E-state index contributed by atoms with van der Waals surface area (Å²) < 4.78 is 1.93. The summed E-state index contributed by atoms with van der Waals surface area (Å²) in [5.41, 5.74) is 0.886. The van der Waals surface area contributed by atoms with Crippen molar-refractivity contribution in [3.63, 3.8) is 0 Å². The Morgan fingerprint density at radius 2 is 1.48 bits per heavy atom. The maximum atomic E-state index is 12.1. The summed E-state index contributed by atoms with van der Waals surface area (Å²) in [5, 5.41) is 19.5. The Morgan fingerprint density at radius 1 is 1.04 bits per heavy atom. The zero-order valence-electron chi connectivity index (χ0n) is 15.7. The second kappa shape index (κ2) is 8.61. The van der Waals surface area contributed by atoms with Crippen molar-refractivity contribution in [2.24, 2.45) is 0 Å². The van der Waals surface area contributed by atoms with Gasteiger partial charge in [-0.15, -0.1) is 0 Å². The molecule has 0 aliphatic carbocycles. The van der Waals surface area contributed by atoms with Crippen LogP contribution in [0.4, 0.5) is 0 Å². The van der Waals surface area contributed by atoms with Crippen LogP contribution in [0.15, 0.2) is 23.1 Å². The molecule has 4 nitrogen and oxygen atoms in total. The summed E-state index contributed by atoms with van der Waals surface area (Å²) in [4.78, 5) is 12.1. The van der Waals surface area contributed by atoms with Crippen LogP contribution in [0.25, 0.3) is 10.9 Å². The van der Waals surface area contributed by atoms with E-state index in [1.807, 2.05) is 39.2 Å². The van der Waals surface area contributed by atoms with E-state index in [4.69, 9.17) is 0 Å². The van der Waals surface area contributed by atoms with Crippen molar-refractivity contribution in [3.8, 4) is 11.5 Å². The number of hydrogen-bond donors (Lipinski definition) is 2. The quantitative estimate of drug-likeness (QED) is 0.677. The van der Waals surface area contributed by atoms with E-state index >= 15 is 0 Å². The topological polar surface area (TPSA) is 62.5 Å². The number of phenolic OH excluding ortho intramolecular Hbond substituents is 2. The minimum Gasteiger partial charge on any atom is -0.504 e. The van der Waals surface area contributed by atoms with E-state index < -0.39 is 0 Å². The van der Waals surface area contributed by atoms with Crippen LogP contribution in [0.5, 0.6) is 11.5 Å². The molecule has 0 aliphatic heterocycles. The minimum atomic E-state index is -0.273. The summed E-state index contributed by atoms with van der Waals surface area (Å²) in [6, 6.07) is 2.75. The fourth-order valence-electron chi connectivity index (χ4n) is 2.04. The zero-order valence-corrected chi connectivity index (χ0v) is 15.7. The lowest BCUT2D eigenvalue weighted by molar-refractivity contribution is 0.397. The number of hydrogen-bond acceptors (Lipinski definition) is 3. The molecule has 0 aliphatic rings. The van der Waals surface area contributed by atoms with Crippen molar-refractivity contribution in [2.45, 2.75) is 67.3 Å². The molecule has 0 fully saturated rings. The van der Waals surface area contributed by atoms with Crippen LogP contribution in [0.1, 0.15) is 60.5 Å². The Morgan fingerprint density at radius 3 is 1.91 bits per heavy atom. The first-order chi connectivity index (χ1) is 10.6. The third kappa shape index (κ3) is 5.02. The van der Waals surface area contributed by atoms with E-state index in [0.717, 1.165) is 0 Å². The van der Waals surface area contributed by atoms with Crippen LogP contribution in [0.3, 0.4) is 0 Å². The molecule has 130 valence electrons. The zero-order chi connectivity index (χ0) is 18.4. The van der Waals surface area contributed by atoms with Gasteiger partial charge in [-0.05, 0) is 33.8 Å². The van der Waals surface area contributed by atoms with Crippen LogP contribution >= 0.6 is 0 Å². The predicted octanol–water partition coefficient (Wildman–Crippen LogP) is 4.92. The van der Waals surface area contributed by atoms with Gasteiger partial charge >= 0.3 is 0 Å². The van der Waals surface area contributed by atoms with Crippen LogP contribution < -0.4 is 5.43 Å². The summed E-state index contributed by atoms with van der Waals surface area (Å²) in [6.07, 6.45) is 3.03. The molecular weight excluding hydrogens is 290 g/mol. The summed E-state index contributed by atoms with van der Waals surface area (Å²) in [7, 11) is 0. The third-order valence-corrected chi connectivity index (χ3v) is 3.00. The molecule has 0 radical (unpaired) electrons. The second-order valence-corrected chi connectivity index (χ2v) is 6.25. The highest BCUT2D eigenvalue weighted by Gasteiger charge is 2.18. The van der Waals surface area contributed by atoms with Gasteiger partial charge in [0.1, 0.15) is 0 Å². The van der Waals surface area contributed by atoms with Gasteiger partial charge in [0.15, 0.2) is 16.9 Å². The van der Waals surface area contributed by atoms with Crippen LogP contribution in [-0.2, 0) is 5.54 Å². The van der Waals surface area contributed by atoms with Crippen molar-refractivity contribution < 1.29 is 10.2 Å². The lowest BCUT2D eigenvalue weighted by Gasteiger charge is -2.26. The number of aryl methyl sites for hydroxylation is 1. The number of fused-ring (bicyclic) bond motifs is 1. The molecule has 2 N–H and O–H groups in total. The Hall–Kier alpha value is -1.97. The molecule has 23 heavy (non-hydrogen) atoms. The number of rotatable bonds is 0. The lowest BCUT2D eigenvalue weighted by Crippen LogP contribution is -2.25. The van der Waals surface area contributed by atoms with Gasteiger partial charge in [0.05, 0.1) is 5.52 Å². The van der Waals surface area contributed by atoms with Crippen molar-refractivity contribution >= 4 is 10.9 Å². The highest BCUT2D eigenvalue weighted by Crippen LogP contribution is 2.31. The number of phenols is 2. The fourth-order valence-corrected chi connectivity index (χ4v) is 2.04. The standard InChI is InChI=1S/C14H17NO3.C3H8.C2H6/c1-8-7-15(14(2,3)4)10-6-12(17)11(16)5-9(10)13(8)18;1-3-2;1-2/h5-7,16-17H,1-4H3;3H2,1-2H3;1-2H3. The van der Waals surface area contributed by atoms with Crippen molar-refractivity contribution in [1.82, 2.24) is 4.57 Å². The monoisotopic (exact) mass is 321 g/mol. The Bertz CT molecular complexity index is 694. The molecular formula is C19H31NO3. The molecule has 0 amide bonds. The van der Waals surface area contributed by atoms with E-state index in [-0.39, 0.29) is 22.5 Å². The molecule has 1 aromatic carbocycles. The Labute approximate surface area is 139 Å². The van der Waals surface area contributed by atoms with Crippen molar-refractivity contribution in [3.05, 3.63) is 34.1 Å². The number of aromatic hydroxyl groups is 2. The highest BCUT2D eigenvalue weighted by atomic mass is 16.3. The molecule has 1 heterocycles. The molecule has 4 heteroatoms. The van der Waals surface area contributed by atoms with Crippen LogP contribution in [0, 0.1) is 6.92 Å². The molecule has 0 saturated carbocycles. The van der Waals surface area contributed by atoms with E-state index in [1.165, 1.54) is 18.6 Å². The number of pyridine rings is 1. The smallest absolute Gasteiger partial charge is 0.192 e. The maximum absolute atomic E-state index is 12.1. The minimum absolute atomic E-state index is 0.124. The molecule has 0 spiro atoms. The second-order valence-electron chi connectivity index (χ2n) is 6.25. The van der Waals surface area contributed by atoms with E-state index in [0.29, 0.717) is 16.5 Å². The average molecular weight is 321 g/mol. The molecule has 0 bridgehead atoms. The summed E-state index contributed by atoms with van der Waals surface area (Å²) in [5.74, 6) is -0.491. The molecule has 0 saturated heterocycles. The van der Waals surface area contributed by atoms with Gasteiger partial charge < -0.3 is 14.8 Å². The summed E-state index contributed by atoms with van der Waals surface area (Å²) >= 11 is 0.